The number of Topliss-reactive ketones (excluding diaryl/α,β-unsaturated/α-hetero) is 1. The zero-order valence-corrected chi connectivity index (χ0v) is 16.0. The van der Waals surface area contributed by atoms with Gasteiger partial charge in [-0.15, -0.1) is 0 Å². The van der Waals surface area contributed by atoms with Crippen molar-refractivity contribution in [3.05, 3.63) is 64.1 Å². The highest BCUT2D eigenvalue weighted by molar-refractivity contribution is 6.00. The van der Waals surface area contributed by atoms with E-state index in [1.54, 1.807) is 24.3 Å². The number of rotatable bonds is 9. The molecule has 0 bridgehead atoms. The van der Waals surface area contributed by atoms with Crippen molar-refractivity contribution in [3.8, 4) is 11.5 Å². The van der Waals surface area contributed by atoms with Gasteiger partial charge in [-0.1, -0.05) is 18.2 Å². The molecule has 1 heterocycles. The first-order chi connectivity index (χ1) is 15.2. The van der Waals surface area contributed by atoms with Gasteiger partial charge in [-0.3, -0.25) is 14.4 Å². The lowest BCUT2D eigenvalue weighted by molar-refractivity contribution is -0.141. The number of halogens is 4. The monoisotopic (exact) mass is 454 g/mol. The van der Waals surface area contributed by atoms with Crippen LogP contribution < -0.4 is 15.0 Å². The van der Waals surface area contributed by atoms with E-state index in [4.69, 9.17) is 4.74 Å². The van der Waals surface area contributed by atoms with Crippen LogP contribution in [0.3, 0.4) is 0 Å². The molecule has 0 unspecified atom stereocenters. The molecule has 0 saturated heterocycles. The Bertz CT molecular complexity index is 1200. The number of aromatic nitrogens is 2. The van der Waals surface area contributed by atoms with E-state index < -0.39 is 54.2 Å². The highest BCUT2D eigenvalue weighted by atomic mass is 19.3. The van der Waals surface area contributed by atoms with Crippen LogP contribution in [0.5, 0.6) is 11.5 Å². The molecular formula is C20H14F4N2O6. The lowest BCUT2D eigenvalue weighted by Crippen LogP contribution is -2.19. The van der Waals surface area contributed by atoms with Gasteiger partial charge in [-0.05, 0) is 18.2 Å². The van der Waals surface area contributed by atoms with E-state index in [0.717, 1.165) is 12.1 Å². The van der Waals surface area contributed by atoms with Crippen LogP contribution in [-0.4, -0.2) is 41.8 Å². The normalized spacial score (nSPS) is 11.1. The summed E-state index contributed by atoms with van der Waals surface area (Å²) < 4.78 is 63.1. The first-order valence-electron chi connectivity index (χ1n) is 8.93. The minimum atomic E-state index is -3.34. The number of hydrogen-bond acceptors (Lipinski definition) is 7. The summed E-state index contributed by atoms with van der Waals surface area (Å²) in [6.45, 7) is -7.39. The van der Waals surface area contributed by atoms with Crippen LogP contribution in [-0.2, 0) is 16.0 Å². The van der Waals surface area contributed by atoms with Crippen LogP contribution in [0.1, 0.15) is 16.1 Å². The van der Waals surface area contributed by atoms with E-state index in [-0.39, 0.29) is 12.1 Å². The molecule has 0 saturated carbocycles. The predicted molar refractivity (Wildman–Crippen MR) is 101 cm³/mol. The minimum Gasteiger partial charge on any atom is -0.457 e. The van der Waals surface area contributed by atoms with E-state index in [9.17, 15) is 31.9 Å². The quantitative estimate of drug-likeness (QED) is 0.301. The Morgan fingerprint density at radius 3 is 2.34 bits per heavy atom. The SMILES string of the molecule is O=C(Cc1n[nH]c(=O)c2ccccc12)OCC(=O)c1ccc(OC(F)F)cc1OC(F)F. The number of fused-ring (bicyclic) bond motifs is 1. The molecule has 0 fully saturated rings. The largest absolute Gasteiger partial charge is 0.457 e. The van der Waals surface area contributed by atoms with Crippen molar-refractivity contribution in [1.82, 2.24) is 10.2 Å². The maximum atomic E-state index is 12.6. The Kier molecular flexibility index (Phi) is 7.03. The zero-order chi connectivity index (χ0) is 23.3. The lowest BCUT2D eigenvalue weighted by atomic mass is 10.1. The van der Waals surface area contributed by atoms with Crippen molar-refractivity contribution in [2.24, 2.45) is 0 Å². The summed E-state index contributed by atoms with van der Waals surface area (Å²) in [6.07, 6.45) is -0.383. The summed E-state index contributed by atoms with van der Waals surface area (Å²) in [7, 11) is 0. The third kappa shape index (κ3) is 5.59. The number of alkyl halides is 4. The molecule has 0 aliphatic carbocycles. The molecule has 0 atom stereocenters. The number of benzene rings is 2. The lowest BCUT2D eigenvalue weighted by Gasteiger charge is -2.12. The van der Waals surface area contributed by atoms with Gasteiger partial charge in [0.25, 0.3) is 5.56 Å². The van der Waals surface area contributed by atoms with Crippen LogP contribution >= 0.6 is 0 Å². The molecule has 0 aliphatic heterocycles. The molecule has 0 radical (unpaired) electrons. The maximum absolute atomic E-state index is 12.6. The Morgan fingerprint density at radius 1 is 0.969 bits per heavy atom. The smallest absolute Gasteiger partial charge is 0.387 e. The second kappa shape index (κ2) is 9.90. The van der Waals surface area contributed by atoms with E-state index in [1.807, 2.05) is 0 Å². The van der Waals surface area contributed by atoms with Crippen molar-refractivity contribution in [2.45, 2.75) is 19.6 Å². The van der Waals surface area contributed by atoms with Gasteiger partial charge in [0, 0.05) is 11.5 Å². The van der Waals surface area contributed by atoms with Gasteiger partial charge < -0.3 is 14.2 Å². The van der Waals surface area contributed by atoms with E-state index in [0.29, 0.717) is 16.8 Å². The summed E-state index contributed by atoms with van der Waals surface area (Å²) in [5, 5.41) is 6.79. The summed E-state index contributed by atoms with van der Waals surface area (Å²) in [6, 6.07) is 8.99. The second-order valence-corrected chi connectivity index (χ2v) is 6.22. The fourth-order valence-corrected chi connectivity index (χ4v) is 2.82. The highest BCUT2D eigenvalue weighted by Gasteiger charge is 2.20. The Balaban J connectivity index is 1.71. The van der Waals surface area contributed by atoms with Crippen molar-refractivity contribution in [1.29, 1.82) is 0 Å². The summed E-state index contributed by atoms with van der Waals surface area (Å²) >= 11 is 0. The average molecular weight is 454 g/mol. The standard InChI is InChI=1S/C20H14F4N2O6/c21-19(22)31-10-5-6-13(16(7-10)32-20(23)24)15(27)9-30-17(28)8-14-11-3-1-2-4-12(11)18(29)26-25-14/h1-7,19-20H,8-9H2,(H,26,29). The van der Waals surface area contributed by atoms with Crippen molar-refractivity contribution in [2.75, 3.05) is 6.61 Å². The van der Waals surface area contributed by atoms with Crippen LogP contribution in [0.15, 0.2) is 47.3 Å². The Hall–Kier alpha value is -3.96. The number of carbonyl (C=O) groups is 2. The first-order valence-corrected chi connectivity index (χ1v) is 8.93. The van der Waals surface area contributed by atoms with Crippen LogP contribution in [0.25, 0.3) is 10.8 Å². The number of carbonyl (C=O) groups excluding carboxylic acids is 2. The van der Waals surface area contributed by atoms with Crippen molar-refractivity contribution < 1.29 is 41.4 Å². The highest BCUT2D eigenvalue weighted by Crippen LogP contribution is 2.28. The van der Waals surface area contributed by atoms with Crippen LogP contribution in [0.4, 0.5) is 17.6 Å². The summed E-state index contributed by atoms with van der Waals surface area (Å²) in [5.74, 6) is -3.01. The number of H-pyrrole nitrogens is 1. The van der Waals surface area contributed by atoms with E-state index >= 15 is 0 Å². The van der Waals surface area contributed by atoms with Gasteiger partial charge in [0.05, 0.1) is 23.1 Å². The molecule has 1 N–H and O–H groups in total. The third-order valence-corrected chi connectivity index (χ3v) is 4.15. The molecule has 3 rings (SSSR count). The van der Waals surface area contributed by atoms with Gasteiger partial charge in [0.2, 0.25) is 5.78 Å². The predicted octanol–water partition coefficient (Wildman–Crippen LogP) is 3.09. The number of aromatic amines is 1. The molecule has 1 aromatic heterocycles. The molecule has 0 spiro atoms. The fourth-order valence-electron chi connectivity index (χ4n) is 2.82. The van der Waals surface area contributed by atoms with Gasteiger partial charge in [0.15, 0.2) is 6.61 Å². The molecule has 0 aliphatic rings. The van der Waals surface area contributed by atoms with Crippen LogP contribution in [0.2, 0.25) is 0 Å². The van der Waals surface area contributed by atoms with Gasteiger partial charge in [-0.2, -0.15) is 22.7 Å². The number of nitrogens with one attached hydrogen (secondary N) is 1. The van der Waals surface area contributed by atoms with E-state index in [2.05, 4.69) is 19.7 Å². The molecule has 12 heteroatoms. The Labute approximate surface area is 176 Å². The number of ether oxygens (including phenoxy) is 3. The molecule has 8 nitrogen and oxygen atoms in total. The number of ketones is 1. The Morgan fingerprint density at radius 2 is 1.66 bits per heavy atom. The second-order valence-electron chi connectivity index (χ2n) is 6.22. The van der Waals surface area contributed by atoms with Gasteiger partial charge in [0.1, 0.15) is 11.5 Å². The molecule has 3 aromatic rings. The third-order valence-electron chi connectivity index (χ3n) is 4.15. The fraction of sp³-hybridized carbons (Fsp3) is 0.200. The molecule has 2 aromatic carbocycles. The van der Waals surface area contributed by atoms with Gasteiger partial charge in [-0.25, -0.2) is 5.10 Å². The van der Waals surface area contributed by atoms with Crippen LogP contribution in [0, 0.1) is 0 Å². The first kappa shape index (κ1) is 22.7. The van der Waals surface area contributed by atoms with Crippen molar-refractivity contribution in [3.63, 3.8) is 0 Å². The number of esters is 1. The van der Waals surface area contributed by atoms with Gasteiger partial charge >= 0.3 is 19.2 Å². The average Bonchev–Trinajstić information content (AvgIpc) is 2.73. The zero-order valence-electron chi connectivity index (χ0n) is 16.0. The minimum absolute atomic E-state index is 0.202. The number of nitrogens with zero attached hydrogens (tertiary/aromatic N) is 1. The molecule has 168 valence electrons. The summed E-state index contributed by atoms with van der Waals surface area (Å²) in [4.78, 5) is 36.3. The molecular weight excluding hydrogens is 440 g/mol. The van der Waals surface area contributed by atoms with E-state index in [1.165, 1.54) is 0 Å². The van der Waals surface area contributed by atoms with Crippen molar-refractivity contribution >= 4 is 22.5 Å². The molecule has 32 heavy (non-hydrogen) atoms. The topological polar surface area (TPSA) is 108 Å². The molecule has 0 amide bonds. The summed E-state index contributed by atoms with van der Waals surface area (Å²) in [5.41, 5.74) is -0.668. The number of hydrogen-bond donors (Lipinski definition) is 1. The maximum Gasteiger partial charge on any atom is 0.387 e.